The summed E-state index contributed by atoms with van der Waals surface area (Å²) in [7, 11) is 0.276. The van der Waals surface area contributed by atoms with Gasteiger partial charge in [-0.3, -0.25) is 9.47 Å². The van der Waals surface area contributed by atoms with Gasteiger partial charge in [0.05, 0.1) is 25.3 Å². The summed E-state index contributed by atoms with van der Waals surface area (Å²) in [6.07, 6.45) is 2.92. The molecule has 0 amide bonds. The van der Waals surface area contributed by atoms with Crippen molar-refractivity contribution >= 4 is 41.7 Å². The van der Waals surface area contributed by atoms with Crippen LogP contribution in [-0.4, -0.2) is 62.3 Å². The predicted molar refractivity (Wildman–Crippen MR) is 218 cm³/mol. The van der Waals surface area contributed by atoms with Crippen LogP contribution in [0, 0.1) is 6.92 Å². The number of benzene rings is 4. The van der Waals surface area contributed by atoms with E-state index < -0.39 is 20.0 Å². The number of hydrogen-bond donors (Lipinski definition) is 0. The number of rotatable bonds is 9. The van der Waals surface area contributed by atoms with E-state index in [0.29, 0.717) is 12.1 Å². The third kappa shape index (κ3) is 7.76. The predicted octanol–water partition coefficient (Wildman–Crippen LogP) is 8.81. The highest BCUT2D eigenvalue weighted by molar-refractivity contribution is 6.99. The molecule has 0 N–H and O–H groups in total. The lowest BCUT2D eigenvalue weighted by atomic mass is 9.91. The van der Waals surface area contributed by atoms with Gasteiger partial charge >= 0.3 is 12.1 Å². The highest BCUT2D eigenvalue weighted by Gasteiger charge is 2.52. The first kappa shape index (κ1) is 39.0. The summed E-state index contributed by atoms with van der Waals surface area (Å²) in [4.78, 5) is 28.3. The molecule has 54 heavy (non-hydrogen) atoms. The average Bonchev–Trinajstić information content (AvgIpc) is 3.61. The van der Waals surface area contributed by atoms with Crippen LogP contribution >= 0.6 is 0 Å². The van der Waals surface area contributed by atoms with Crippen LogP contribution in [0.25, 0.3) is 10.9 Å². The van der Waals surface area contributed by atoms with Crippen LogP contribution in [0.4, 0.5) is 4.79 Å². The van der Waals surface area contributed by atoms with Crippen molar-refractivity contribution in [2.75, 3.05) is 20.8 Å². The highest BCUT2D eigenvalue weighted by Crippen LogP contribution is 2.43. The van der Waals surface area contributed by atoms with Gasteiger partial charge in [-0.15, -0.1) is 0 Å². The zero-order valence-corrected chi connectivity index (χ0v) is 34.1. The van der Waals surface area contributed by atoms with Crippen molar-refractivity contribution < 1.29 is 28.2 Å². The zero-order chi connectivity index (χ0) is 38.8. The first-order valence-corrected chi connectivity index (χ1v) is 20.7. The lowest BCUT2D eigenvalue weighted by Crippen LogP contribution is -2.68. The molecule has 5 aromatic rings. The van der Waals surface area contributed by atoms with Gasteiger partial charge in [0.15, 0.2) is 0 Å². The summed E-state index contributed by atoms with van der Waals surface area (Å²) < 4.78 is 26.1. The van der Waals surface area contributed by atoms with Gasteiger partial charge in [0.25, 0.3) is 8.32 Å². The molecule has 8 nitrogen and oxygen atoms in total. The number of esters is 1. The minimum Gasteiger partial charge on any atom is -0.496 e. The lowest BCUT2D eigenvalue weighted by molar-refractivity contribution is 0.0447. The normalized spacial score (nSPS) is 17.0. The molecule has 284 valence electrons. The topological polar surface area (TPSA) is 79.2 Å². The summed E-state index contributed by atoms with van der Waals surface area (Å²) in [6.45, 7) is 15.9. The number of aryl methyl sites for hydroxylation is 1. The van der Waals surface area contributed by atoms with Crippen LogP contribution in [0.15, 0.2) is 103 Å². The second kappa shape index (κ2) is 15.6. The molecule has 1 aliphatic rings. The Bertz CT molecular complexity index is 2040. The van der Waals surface area contributed by atoms with E-state index in [-0.39, 0.29) is 23.2 Å². The number of fused-ring (bicyclic) bond motifs is 1. The molecule has 0 unspecified atom stereocenters. The van der Waals surface area contributed by atoms with Gasteiger partial charge in [-0.1, -0.05) is 93.6 Å². The fourth-order valence-corrected chi connectivity index (χ4v) is 12.8. The van der Waals surface area contributed by atoms with Crippen LogP contribution in [0.3, 0.4) is 0 Å². The van der Waals surface area contributed by atoms with E-state index in [1.807, 2.05) is 64.1 Å². The smallest absolute Gasteiger partial charge is 0.419 e. The van der Waals surface area contributed by atoms with Crippen LogP contribution in [-0.2, 0) is 20.4 Å². The molecule has 4 aromatic carbocycles. The monoisotopic (exact) mass is 746 g/mol. The molecule has 1 aromatic heterocycles. The second-order valence-corrected chi connectivity index (χ2v) is 20.6. The number of hydrogen-bond acceptors (Lipinski definition) is 7. The van der Waals surface area contributed by atoms with Crippen molar-refractivity contribution in [3.8, 4) is 5.75 Å². The maximum atomic E-state index is 13.4. The third-order valence-corrected chi connectivity index (χ3v) is 15.6. The number of aromatic nitrogens is 1. The molecule has 6 rings (SSSR count). The Morgan fingerprint density at radius 1 is 0.833 bits per heavy atom. The van der Waals surface area contributed by atoms with E-state index in [9.17, 15) is 9.59 Å². The van der Waals surface area contributed by atoms with E-state index in [1.165, 1.54) is 17.5 Å². The molecular formula is C45H54N2O6Si. The van der Waals surface area contributed by atoms with Crippen molar-refractivity contribution in [3.63, 3.8) is 0 Å². The maximum absolute atomic E-state index is 13.4. The van der Waals surface area contributed by atoms with Crippen molar-refractivity contribution in [2.24, 2.45) is 0 Å². The summed E-state index contributed by atoms with van der Waals surface area (Å²) >= 11 is 0. The largest absolute Gasteiger partial charge is 0.496 e. The molecule has 0 aliphatic carbocycles. The summed E-state index contributed by atoms with van der Waals surface area (Å²) in [5.41, 5.74) is 3.70. The van der Waals surface area contributed by atoms with Gasteiger partial charge < -0.3 is 18.6 Å². The molecule has 0 spiro atoms. The van der Waals surface area contributed by atoms with Gasteiger partial charge in [0.2, 0.25) is 0 Å². The Hall–Kier alpha value is -4.70. The molecule has 0 radical (unpaired) electrons. The maximum Gasteiger partial charge on any atom is 0.419 e. The number of likely N-dealkylation sites (tertiary alicyclic amines) is 1. The zero-order valence-electron chi connectivity index (χ0n) is 33.1. The molecule has 0 bridgehead atoms. The van der Waals surface area contributed by atoms with Crippen molar-refractivity contribution in [1.29, 1.82) is 0 Å². The van der Waals surface area contributed by atoms with E-state index in [2.05, 4.69) is 86.3 Å². The number of carbonyl (C=O) groups is 2. The highest BCUT2D eigenvalue weighted by atomic mass is 28.4. The van der Waals surface area contributed by atoms with E-state index >= 15 is 0 Å². The van der Waals surface area contributed by atoms with Crippen molar-refractivity contribution in [1.82, 2.24) is 9.47 Å². The van der Waals surface area contributed by atoms with Gasteiger partial charge in [0, 0.05) is 42.4 Å². The number of methoxy groups -OCH3 is 2. The van der Waals surface area contributed by atoms with Crippen molar-refractivity contribution in [2.45, 2.75) is 90.6 Å². The van der Waals surface area contributed by atoms with Crippen molar-refractivity contribution in [3.05, 3.63) is 126 Å². The molecule has 2 heterocycles. The lowest BCUT2D eigenvalue weighted by Gasteiger charge is -2.48. The number of piperidine rings is 1. The van der Waals surface area contributed by atoms with Crippen LogP contribution in [0.1, 0.15) is 87.5 Å². The Kier molecular flexibility index (Phi) is 11.2. The number of carbonyl (C=O) groups excluding carboxylic acids is 2. The van der Waals surface area contributed by atoms with Gasteiger partial charge in [-0.25, -0.2) is 9.59 Å². The fraction of sp³-hybridized carbons (Fsp3) is 0.378. The first-order chi connectivity index (χ1) is 25.7. The molecule has 9 heteroatoms. The Morgan fingerprint density at radius 2 is 1.44 bits per heavy atom. The molecule has 0 saturated carbocycles. The fourth-order valence-electron chi connectivity index (χ4n) is 8.10. The molecule has 1 aliphatic heterocycles. The first-order valence-electron chi connectivity index (χ1n) is 18.8. The minimum atomic E-state index is -2.82. The van der Waals surface area contributed by atoms with E-state index in [0.717, 1.165) is 52.7 Å². The molecule has 1 fully saturated rings. The number of nitrogens with zero attached hydrogens (tertiary/aromatic N) is 2. The summed E-state index contributed by atoms with van der Waals surface area (Å²) in [6, 6.07) is 33.3. The van der Waals surface area contributed by atoms with E-state index in [1.54, 1.807) is 17.9 Å². The molecule has 1 saturated heterocycles. The second-order valence-electron chi connectivity index (χ2n) is 16.3. The van der Waals surface area contributed by atoms with Gasteiger partial charge in [0.1, 0.15) is 11.4 Å². The average molecular weight is 747 g/mol. The third-order valence-electron chi connectivity index (χ3n) is 10.5. The van der Waals surface area contributed by atoms with Crippen LogP contribution < -0.4 is 15.1 Å². The standard InChI is InChI=1S/C45H54N2O6Si/c1-31-28-40(50-8)38(37-25-27-47(41(31)37)43(49)52-44(2,3)4)30-46-26-24-34(29-39(46)32-20-22-33(23-21-32)42(48)51-9)53-54(45(5,6)7,35-16-12-10-13-17-35)36-18-14-11-15-19-36/h10-23,25,27-28,34,39H,24,26,29-30H2,1-9H3/t34-,39+/m0/s1. The Labute approximate surface area is 321 Å². The molecular weight excluding hydrogens is 693 g/mol. The van der Waals surface area contributed by atoms with Crippen LogP contribution in [0.5, 0.6) is 5.75 Å². The quantitative estimate of drug-likeness (QED) is 0.110. The Morgan fingerprint density at radius 3 is 1.98 bits per heavy atom. The SMILES string of the molecule is COC(=O)c1ccc([C@H]2C[C@@H](O[Si](c3ccccc3)(c3ccccc3)C(C)(C)C)CCN2Cc2c(OC)cc(C)c3c2ccn3C(=O)OC(C)(C)C)cc1. The van der Waals surface area contributed by atoms with Crippen LogP contribution in [0.2, 0.25) is 5.04 Å². The summed E-state index contributed by atoms with van der Waals surface area (Å²) in [5.74, 6) is 0.406. The number of ether oxygens (including phenoxy) is 3. The summed E-state index contributed by atoms with van der Waals surface area (Å²) in [5, 5.41) is 3.30. The van der Waals surface area contributed by atoms with Gasteiger partial charge in [-0.05, 0) is 91.3 Å². The van der Waals surface area contributed by atoms with Gasteiger partial charge in [-0.2, -0.15) is 0 Å². The minimum absolute atomic E-state index is 0.0361. The molecule has 2 atom stereocenters. The van der Waals surface area contributed by atoms with E-state index in [4.69, 9.17) is 18.6 Å². The Balaban J connectivity index is 1.42.